The van der Waals surface area contributed by atoms with E-state index in [1.807, 2.05) is 72.8 Å². The molecule has 0 heterocycles. The van der Waals surface area contributed by atoms with E-state index in [4.69, 9.17) is 0 Å². The van der Waals surface area contributed by atoms with Crippen molar-refractivity contribution in [3.8, 4) is 50.6 Å². The van der Waals surface area contributed by atoms with Gasteiger partial charge >= 0.3 is 7.12 Å². The van der Waals surface area contributed by atoms with E-state index in [0.29, 0.717) is 11.0 Å². The van der Waals surface area contributed by atoms with Crippen LogP contribution in [0.2, 0.25) is 0 Å². The fourth-order valence-electron chi connectivity index (χ4n) is 5.14. The molecule has 4 heteroatoms. The molecule has 0 saturated carbocycles. The summed E-state index contributed by atoms with van der Waals surface area (Å²) in [5.74, 6) is 0. The highest BCUT2D eigenvalue weighted by Gasteiger charge is 2.31. The van der Waals surface area contributed by atoms with Gasteiger partial charge in [-0.25, -0.2) is 0 Å². The Balaban J connectivity index is 1.82. The normalized spacial score (nSPS) is 11.3. The maximum absolute atomic E-state index is 10.2. The number of fused-ring (bicyclic) bond motifs is 3. The lowest BCUT2D eigenvalue weighted by atomic mass is 9.76. The van der Waals surface area contributed by atoms with Crippen LogP contribution in [0.4, 0.5) is 0 Å². The average molecular weight is 423 g/mol. The molecule has 33 heavy (non-hydrogen) atoms. The van der Waals surface area contributed by atoms with Crippen molar-refractivity contribution >= 4 is 23.4 Å². The highest BCUT2D eigenvalue weighted by molar-refractivity contribution is 6.62. The second-order valence-corrected chi connectivity index (χ2v) is 8.24. The van der Waals surface area contributed by atoms with E-state index in [1.54, 1.807) is 6.07 Å². The Morgan fingerprint density at radius 3 is 1.94 bits per heavy atom. The second kappa shape index (κ2) is 7.46. The smallest absolute Gasteiger partial charge is 0.423 e. The van der Waals surface area contributed by atoms with Crippen LogP contribution in [0.25, 0.3) is 55.3 Å². The van der Waals surface area contributed by atoms with E-state index in [2.05, 4.69) is 24.3 Å². The summed E-state index contributed by atoms with van der Waals surface area (Å²) in [5, 5.41) is 32.0. The Kier molecular flexibility index (Phi) is 4.41. The summed E-state index contributed by atoms with van der Waals surface area (Å²) >= 11 is 0. The van der Waals surface area contributed by atoms with E-state index in [1.165, 1.54) is 0 Å². The van der Waals surface area contributed by atoms with Gasteiger partial charge in [-0.2, -0.15) is 5.26 Å². The van der Waals surface area contributed by atoms with Crippen LogP contribution in [0.3, 0.4) is 0 Å². The molecule has 154 valence electrons. The molecule has 1 aliphatic rings. The first-order valence-corrected chi connectivity index (χ1v) is 10.8. The van der Waals surface area contributed by atoms with Gasteiger partial charge in [-0.05, 0) is 61.2 Å². The maximum Gasteiger partial charge on any atom is 0.489 e. The van der Waals surface area contributed by atoms with Gasteiger partial charge < -0.3 is 10.0 Å². The van der Waals surface area contributed by atoms with Crippen molar-refractivity contribution in [2.24, 2.45) is 0 Å². The van der Waals surface area contributed by atoms with Crippen molar-refractivity contribution in [3.63, 3.8) is 0 Å². The Morgan fingerprint density at radius 2 is 1.27 bits per heavy atom. The third-order valence-corrected chi connectivity index (χ3v) is 6.49. The lowest BCUT2D eigenvalue weighted by Crippen LogP contribution is -2.30. The molecule has 0 atom stereocenters. The second-order valence-electron chi connectivity index (χ2n) is 8.24. The monoisotopic (exact) mass is 423 g/mol. The molecular weight excluding hydrogens is 405 g/mol. The number of hydrogen-bond acceptors (Lipinski definition) is 3. The van der Waals surface area contributed by atoms with Gasteiger partial charge in [-0.3, -0.25) is 0 Å². The van der Waals surface area contributed by atoms with Gasteiger partial charge in [-0.1, -0.05) is 91.0 Å². The predicted octanol–water partition coefficient (Wildman–Crippen LogP) is 5.37. The van der Waals surface area contributed by atoms with E-state index < -0.39 is 7.12 Å². The van der Waals surface area contributed by atoms with Crippen LogP contribution in [-0.2, 0) is 0 Å². The minimum atomic E-state index is -1.56. The number of rotatable bonds is 3. The zero-order valence-corrected chi connectivity index (χ0v) is 17.7. The summed E-state index contributed by atoms with van der Waals surface area (Å²) in [6.45, 7) is 0. The summed E-state index contributed by atoms with van der Waals surface area (Å²) in [5.41, 5.74) is 9.16. The molecule has 5 aromatic rings. The van der Waals surface area contributed by atoms with Gasteiger partial charge in [0.15, 0.2) is 0 Å². The van der Waals surface area contributed by atoms with E-state index >= 15 is 0 Å². The molecule has 0 saturated heterocycles. The van der Waals surface area contributed by atoms with Crippen LogP contribution < -0.4 is 5.46 Å². The molecule has 0 amide bonds. The zero-order chi connectivity index (χ0) is 22.5. The van der Waals surface area contributed by atoms with Crippen LogP contribution in [0, 0.1) is 11.3 Å². The molecule has 6 rings (SSSR count). The number of hydrogen-bond donors (Lipinski definition) is 2. The van der Waals surface area contributed by atoms with Crippen molar-refractivity contribution in [1.82, 2.24) is 0 Å². The molecule has 0 fully saturated rings. The number of nitriles is 1. The third-order valence-electron chi connectivity index (χ3n) is 6.49. The predicted molar refractivity (Wildman–Crippen MR) is 134 cm³/mol. The molecule has 0 aliphatic heterocycles. The first kappa shape index (κ1) is 19.5. The standard InChI is InChI=1S/C29H18BNO2/c31-17-20-16-24(18-8-3-1-4-9-18)28-23-14-15-25(30(32)33)21-12-7-13-22(27(21)23)29(28)26(20)19-10-5-2-6-11-19/h1-16,32-33H. The van der Waals surface area contributed by atoms with E-state index in [0.717, 1.165) is 55.3 Å². The first-order valence-electron chi connectivity index (χ1n) is 10.8. The molecule has 0 radical (unpaired) electrons. The largest absolute Gasteiger partial charge is 0.489 e. The molecule has 0 spiro atoms. The minimum absolute atomic E-state index is 0.478. The lowest BCUT2D eigenvalue weighted by Gasteiger charge is -2.17. The first-order chi connectivity index (χ1) is 16.2. The fourth-order valence-corrected chi connectivity index (χ4v) is 5.14. The highest BCUT2D eigenvalue weighted by Crippen LogP contribution is 2.55. The Bertz CT molecular complexity index is 1590. The van der Waals surface area contributed by atoms with Crippen LogP contribution in [-0.4, -0.2) is 17.2 Å². The van der Waals surface area contributed by atoms with Gasteiger partial charge in [0.25, 0.3) is 0 Å². The average Bonchev–Trinajstić information content (AvgIpc) is 3.20. The van der Waals surface area contributed by atoms with Crippen LogP contribution in [0.15, 0.2) is 97.1 Å². The molecule has 0 aromatic heterocycles. The molecular formula is C29H18BNO2. The van der Waals surface area contributed by atoms with Crippen molar-refractivity contribution in [1.29, 1.82) is 5.26 Å². The van der Waals surface area contributed by atoms with E-state index in [9.17, 15) is 15.3 Å². The van der Waals surface area contributed by atoms with Gasteiger partial charge in [0.2, 0.25) is 0 Å². The van der Waals surface area contributed by atoms with Gasteiger partial charge in [0.1, 0.15) is 0 Å². The van der Waals surface area contributed by atoms with Crippen LogP contribution >= 0.6 is 0 Å². The topological polar surface area (TPSA) is 64.2 Å². The molecule has 2 N–H and O–H groups in total. The molecule has 1 aliphatic carbocycles. The number of benzene rings is 5. The Hall–Kier alpha value is -4.17. The maximum atomic E-state index is 10.2. The van der Waals surface area contributed by atoms with Crippen LogP contribution in [0.5, 0.6) is 0 Å². The molecule has 0 bridgehead atoms. The quantitative estimate of drug-likeness (QED) is 0.376. The summed E-state index contributed by atoms with van der Waals surface area (Å²) in [6, 6.07) is 34.2. The summed E-state index contributed by atoms with van der Waals surface area (Å²) in [6.07, 6.45) is 0. The SMILES string of the molecule is N#Cc1cc(-c2ccccc2)c2c(c1-c1ccccc1)-c1cccc3c(B(O)O)ccc-2c13. The van der Waals surface area contributed by atoms with Crippen molar-refractivity contribution in [3.05, 3.63) is 103 Å². The van der Waals surface area contributed by atoms with Gasteiger partial charge in [0, 0.05) is 5.56 Å². The summed E-state index contributed by atoms with van der Waals surface area (Å²) < 4.78 is 0. The Labute approximate surface area is 192 Å². The molecule has 3 nitrogen and oxygen atoms in total. The Morgan fingerprint density at radius 1 is 0.606 bits per heavy atom. The zero-order valence-electron chi connectivity index (χ0n) is 17.7. The minimum Gasteiger partial charge on any atom is -0.423 e. The third kappa shape index (κ3) is 2.84. The molecule has 5 aromatic carbocycles. The fraction of sp³-hybridized carbons (Fsp3) is 0. The molecule has 0 unspecified atom stereocenters. The van der Waals surface area contributed by atoms with Gasteiger partial charge in [-0.15, -0.1) is 0 Å². The van der Waals surface area contributed by atoms with Crippen molar-refractivity contribution in [2.75, 3.05) is 0 Å². The lowest BCUT2D eigenvalue weighted by molar-refractivity contribution is 0.426. The van der Waals surface area contributed by atoms with Crippen molar-refractivity contribution in [2.45, 2.75) is 0 Å². The summed E-state index contributed by atoms with van der Waals surface area (Å²) in [4.78, 5) is 0. The van der Waals surface area contributed by atoms with E-state index in [-0.39, 0.29) is 0 Å². The van der Waals surface area contributed by atoms with Gasteiger partial charge in [0.05, 0.1) is 11.6 Å². The summed E-state index contributed by atoms with van der Waals surface area (Å²) in [7, 11) is -1.56. The van der Waals surface area contributed by atoms with Crippen molar-refractivity contribution < 1.29 is 10.0 Å². The highest BCUT2D eigenvalue weighted by atomic mass is 16.4. The number of nitrogens with zero attached hydrogens (tertiary/aromatic N) is 1. The van der Waals surface area contributed by atoms with Crippen LogP contribution in [0.1, 0.15) is 5.56 Å².